The zero-order chi connectivity index (χ0) is 22.8. The first-order valence-electron chi connectivity index (χ1n) is 9.68. The maximum Gasteiger partial charge on any atom is 0.335 e. The van der Waals surface area contributed by atoms with Crippen molar-refractivity contribution in [1.82, 2.24) is 15.2 Å². The smallest absolute Gasteiger partial charge is 0.335 e. The summed E-state index contributed by atoms with van der Waals surface area (Å²) in [7, 11) is 2.02. The number of likely N-dealkylation sites (N-methyl/N-ethyl adjacent to an activating group) is 1. The Kier molecular flexibility index (Phi) is 8.09. The summed E-state index contributed by atoms with van der Waals surface area (Å²) >= 11 is 8.38. The molecule has 3 N–H and O–H groups in total. The number of benzene rings is 1. The number of nitrogens with one attached hydrogen (secondary N) is 2. The third-order valence-corrected chi connectivity index (χ3v) is 7.27. The lowest BCUT2D eigenvalue weighted by Crippen LogP contribution is -2.25. The zero-order valence-electron chi connectivity index (χ0n) is 17.4. The lowest BCUT2D eigenvalue weighted by Gasteiger charge is -2.20. The summed E-state index contributed by atoms with van der Waals surface area (Å²) in [5.41, 5.74) is 1.84. The third-order valence-electron chi connectivity index (χ3n) is 4.96. The van der Waals surface area contributed by atoms with Crippen molar-refractivity contribution in [2.24, 2.45) is 0 Å². The van der Waals surface area contributed by atoms with Gasteiger partial charge in [0, 0.05) is 36.6 Å². The first-order chi connectivity index (χ1) is 15.3. The predicted octanol–water partition coefficient (Wildman–Crippen LogP) is 4.15. The van der Waals surface area contributed by atoms with Crippen LogP contribution in [-0.2, 0) is 19.5 Å². The molecule has 0 atom stereocenters. The van der Waals surface area contributed by atoms with Crippen LogP contribution in [0, 0.1) is 0 Å². The third kappa shape index (κ3) is 5.90. The molecule has 3 aromatic rings. The minimum absolute atomic E-state index is 0. The number of nitrogens with zero attached hydrogens (tertiary/aromatic N) is 2. The number of halogens is 2. The fraction of sp³-hybridized carbons (Fsp3) is 0.238. The van der Waals surface area contributed by atoms with Gasteiger partial charge in [0.1, 0.15) is 0 Å². The molecule has 2 aromatic heterocycles. The Labute approximate surface area is 209 Å². The Morgan fingerprint density at radius 1 is 1.18 bits per heavy atom. The number of aromatic nitrogens is 1. The van der Waals surface area contributed by atoms with Crippen LogP contribution in [0.4, 0.5) is 5.69 Å². The van der Waals surface area contributed by atoms with Gasteiger partial charge < -0.3 is 20.6 Å². The molecule has 174 valence electrons. The van der Waals surface area contributed by atoms with Crippen molar-refractivity contribution in [2.45, 2.75) is 19.5 Å². The first kappa shape index (κ1) is 25.1. The molecule has 0 saturated carbocycles. The van der Waals surface area contributed by atoms with Crippen LogP contribution in [0.15, 0.2) is 30.3 Å². The van der Waals surface area contributed by atoms with Crippen molar-refractivity contribution in [3.63, 3.8) is 0 Å². The lowest BCUT2D eigenvalue weighted by atomic mass is 10.1. The lowest BCUT2D eigenvalue weighted by molar-refractivity contribution is 0.0696. The molecule has 0 radical (unpaired) electrons. The monoisotopic (exact) mass is 526 g/mol. The van der Waals surface area contributed by atoms with E-state index in [0.717, 1.165) is 41.4 Å². The number of carboxylic acid groups (broad SMARTS) is 1. The fourth-order valence-corrected chi connectivity index (χ4v) is 5.32. The van der Waals surface area contributed by atoms with Gasteiger partial charge in [0.25, 0.3) is 11.8 Å². The number of hydrogen-bond acceptors (Lipinski definition) is 7. The minimum Gasteiger partial charge on any atom is -0.478 e. The van der Waals surface area contributed by atoms with E-state index in [4.69, 9.17) is 11.6 Å². The molecule has 3 heterocycles. The van der Waals surface area contributed by atoms with Gasteiger partial charge in [0.05, 0.1) is 20.5 Å². The molecule has 2 amide bonds. The van der Waals surface area contributed by atoms with E-state index in [1.165, 1.54) is 23.5 Å². The predicted molar refractivity (Wildman–Crippen MR) is 131 cm³/mol. The van der Waals surface area contributed by atoms with E-state index in [9.17, 15) is 19.5 Å². The normalized spacial score (nSPS) is 13.0. The summed E-state index contributed by atoms with van der Waals surface area (Å²) in [4.78, 5) is 44.8. The highest BCUT2D eigenvalue weighted by Crippen LogP contribution is 2.26. The largest absolute Gasteiger partial charge is 0.478 e. The van der Waals surface area contributed by atoms with Crippen molar-refractivity contribution in [3.05, 3.63) is 66.3 Å². The van der Waals surface area contributed by atoms with Crippen molar-refractivity contribution in [1.29, 1.82) is 0 Å². The average molecular weight is 527 g/mol. The number of carboxylic acids is 1. The highest BCUT2D eigenvalue weighted by atomic mass is 35.5. The first-order valence-corrected chi connectivity index (χ1v) is 11.7. The molecular formula is C21H20Cl2N4O4S2. The summed E-state index contributed by atoms with van der Waals surface area (Å²) in [6.07, 6.45) is 0.786. The van der Waals surface area contributed by atoms with E-state index in [1.54, 1.807) is 18.2 Å². The van der Waals surface area contributed by atoms with Crippen LogP contribution in [-0.4, -0.2) is 46.4 Å². The van der Waals surface area contributed by atoms with E-state index in [2.05, 4.69) is 20.5 Å². The van der Waals surface area contributed by atoms with Gasteiger partial charge in [-0.1, -0.05) is 17.7 Å². The number of anilines is 1. The summed E-state index contributed by atoms with van der Waals surface area (Å²) in [5, 5.41) is 15.2. The molecule has 33 heavy (non-hydrogen) atoms. The maximum atomic E-state index is 12.9. The van der Waals surface area contributed by atoms with Gasteiger partial charge >= 0.3 is 5.97 Å². The molecule has 0 bridgehead atoms. The highest BCUT2D eigenvalue weighted by Gasteiger charge is 2.22. The summed E-state index contributed by atoms with van der Waals surface area (Å²) in [6, 6.07) is 7.65. The van der Waals surface area contributed by atoms with Crippen LogP contribution in [0.3, 0.4) is 0 Å². The van der Waals surface area contributed by atoms with Gasteiger partial charge in [-0.3, -0.25) is 9.59 Å². The quantitative estimate of drug-likeness (QED) is 0.444. The number of amides is 2. The van der Waals surface area contributed by atoms with Gasteiger partial charge in [-0.05, 0) is 36.9 Å². The van der Waals surface area contributed by atoms with Crippen LogP contribution in [0.5, 0.6) is 0 Å². The molecule has 0 unspecified atom stereocenters. The standard InChI is InChI=1S/C21H19ClN4O4S2.ClH/c1-26-7-6-13-16(10-26)32-20(25-13)19(28)24-14-8-11(21(29)30)2-3-12(14)9-23-18(27)15-4-5-17(22)31-15;/h2-5,8H,6-7,9-10H2,1H3,(H,23,27)(H,24,28)(H,29,30);1H. The minimum atomic E-state index is -1.11. The average Bonchev–Trinajstić information content (AvgIpc) is 3.38. The van der Waals surface area contributed by atoms with E-state index >= 15 is 0 Å². The number of thiazole rings is 1. The number of carbonyl (C=O) groups is 3. The van der Waals surface area contributed by atoms with Crippen LogP contribution in [0.2, 0.25) is 4.34 Å². The molecule has 1 aromatic carbocycles. The second-order valence-corrected chi connectivity index (χ2v) is 10.1. The van der Waals surface area contributed by atoms with Crippen molar-refractivity contribution >= 4 is 70.2 Å². The molecule has 1 aliphatic rings. The fourth-order valence-electron chi connectivity index (χ4n) is 3.28. The second-order valence-electron chi connectivity index (χ2n) is 7.29. The van der Waals surface area contributed by atoms with Crippen LogP contribution in [0.25, 0.3) is 0 Å². The van der Waals surface area contributed by atoms with Gasteiger partial charge in [0.2, 0.25) is 0 Å². The highest BCUT2D eigenvalue weighted by molar-refractivity contribution is 7.18. The number of aromatic carboxylic acids is 1. The number of thiophene rings is 1. The Bertz CT molecular complexity index is 1210. The Morgan fingerprint density at radius 2 is 1.97 bits per heavy atom. The van der Waals surface area contributed by atoms with Crippen molar-refractivity contribution < 1.29 is 19.5 Å². The van der Waals surface area contributed by atoms with E-state index in [-0.39, 0.29) is 30.4 Å². The molecule has 4 rings (SSSR count). The molecule has 8 nitrogen and oxygen atoms in total. The molecule has 0 fully saturated rings. The Morgan fingerprint density at radius 3 is 2.67 bits per heavy atom. The van der Waals surface area contributed by atoms with E-state index in [1.807, 2.05) is 7.05 Å². The summed E-state index contributed by atoms with van der Waals surface area (Å²) in [5.74, 6) is -1.83. The van der Waals surface area contributed by atoms with Gasteiger partial charge in [0.15, 0.2) is 5.01 Å². The number of hydrogen-bond donors (Lipinski definition) is 3. The number of rotatable bonds is 6. The number of fused-ring (bicyclic) bond motifs is 1. The second kappa shape index (κ2) is 10.6. The molecular weight excluding hydrogens is 507 g/mol. The van der Waals surface area contributed by atoms with Crippen molar-refractivity contribution in [2.75, 3.05) is 18.9 Å². The molecule has 0 aliphatic carbocycles. The van der Waals surface area contributed by atoms with Gasteiger partial charge in [-0.2, -0.15) is 0 Å². The topological polar surface area (TPSA) is 112 Å². The SMILES string of the molecule is CN1CCc2nc(C(=O)Nc3cc(C(=O)O)ccc3CNC(=O)c3ccc(Cl)s3)sc2C1.Cl. The van der Waals surface area contributed by atoms with Crippen LogP contribution >= 0.6 is 46.7 Å². The molecule has 0 saturated heterocycles. The molecule has 12 heteroatoms. The van der Waals surface area contributed by atoms with Gasteiger partial charge in [-0.25, -0.2) is 9.78 Å². The Balaban J connectivity index is 0.00000306. The number of carbonyl (C=O) groups excluding carboxylic acids is 2. The van der Waals surface area contributed by atoms with E-state index in [0.29, 0.717) is 25.5 Å². The molecule has 1 aliphatic heterocycles. The van der Waals surface area contributed by atoms with Crippen LogP contribution in [0.1, 0.15) is 46.0 Å². The zero-order valence-corrected chi connectivity index (χ0v) is 20.6. The van der Waals surface area contributed by atoms with Crippen molar-refractivity contribution in [3.8, 4) is 0 Å². The molecule has 0 spiro atoms. The van der Waals surface area contributed by atoms with E-state index < -0.39 is 11.9 Å². The summed E-state index contributed by atoms with van der Waals surface area (Å²) in [6.45, 7) is 1.74. The maximum absolute atomic E-state index is 12.9. The summed E-state index contributed by atoms with van der Waals surface area (Å²) < 4.78 is 0.506. The Hall–Kier alpha value is -2.50. The van der Waals surface area contributed by atoms with Crippen LogP contribution < -0.4 is 10.6 Å². The van der Waals surface area contributed by atoms with Gasteiger partial charge in [-0.15, -0.1) is 35.1 Å².